The second-order valence-electron chi connectivity index (χ2n) is 5.62. The third-order valence-electron chi connectivity index (χ3n) is 4.19. The molecule has 0 saturated carbocycles. The van der Waals surface area contributed by atoms with Crippen LogP contribution in [0.3, 0.4) is 0 Å². The van der Waals surface area contributed by atoms with E-state index >= 15 is 0 Å². The number of carbonyl (C=O) groups excluding carboxylic acids is 2. The van der Waals surface area contributed by atoms with E-state index in [1.807, 2.05) is 37.3 Å². The Balaban J connectivity index is 2.04. The van der Waals surface area contributed by atoms with E-state index in [0.717, 1.165) is 11.3 Å². The summed E-state index contributed by atoms with van der Waals surface area (Å²) in [5.41, 5.74) is 2.23. The largest absolute Gasteiger partial charge is 0.496 e. The smallest absolute Gasteiger partial charge is 0.262 e. The fourth-order valence-electron chi connectivity index (χ4n) is 3.09. The molecule has 3 rings (SSSR count). The molecule has 0 aromatic heterocycles. The van der Waals surface area contributed by atoms with Crippen LogP contribution in [0.4, 0.5) is 5.69 Å². The monoisotopic (exact) mass is 324 g/mol. The van der Waals surface area contributed by atoms with Gasteiger partial charge in [0, 0.05) is 18.7 Å². The van der Waals surface area contributed by atoms with Crippen LogP contribution in [0.15, 0.2) is 48.5 Å². The molecule has 1 aliphatic heterocycles. The zero-order valence-electron chi connectivity index (χ0n) is 13.8. The van der Waals surface area contributed by atoms with E-state index in [1.54, 1.807) is 23.1 Å². The van der Waals surface area contributed by atoms with E-state index in [9.17, 15) is 9.59 Å². The molecule has 0 fully saturated rings. The third-order valence-corrected chi connectivity index (χ3v) is 4.19. The van der Waals surface area contributed by atoms with E-state index in [1.165, 1.54) is 7.11 Å². The molecule has 2 aromatic carbocycles. The first-order valence-electron chi connectivity index (χ1n) is 7.99. The van der Waals surface area contributed by atoms with Crippen LogP contribution in [0.5, 0.6) is 5.75 Å². The van der Waals surface area contributed by atoms with Crippen molar-refractivity contribution in [3.8, 4) is 5.75 Å². The fourth-order valence-corrected chi connectivity index (χ4v) is 3.09. The first-order valence-corrected chi connectivity index (χ1v) is 7.99. The molecule has 1 aliphatic rings. The molecule has 0 spiro atoms. The predicted octanol–water partition coefficient (Wildman–Crippen LogP) is 2.40. The molecule has 1 heterocycles. The van der Waals surface area contributed by atoms with Crippen molar-refractivity contribution in [3.05, 3.63) is 59.7 Å². The van der Waals surface area contributed by atoms with Crippen LogP contribution in [-0.2, 0) is 11.2 Å². The molecule has 2 amide bonds. The van der Waals surface area contributed by atoms with Gasteiger partial charge < -0.3 is 10.1 Å². The van der Waals surface area contributed by atoms with Gasteiger partial charge >= 0.3 is 0 Å². The second-order valence-corrected chi connectivity index (χ2v) is 5.62. The summed E-state index contributed by atoms with van der Waals surface area (Å²) >= 11 is 0. The van der Waals surface area contributed by atoms with E-state index in [-0.39, 0.29) is 11.8 Å². The molecule has 1 N–H and O–H groups in total. The van der Waals surface area contributed by atoms with Crippen LogP contribution in [0.25, 0.3) is 0 Å². The summed E-state index contributed by atoms with van der Waals surface area (Å²) in [4.78, 5) is 27.2. The lowest BCUT2D eigenvalue weighted by molar-refractivity contribution is -0.122. The lowest BCUT2D eigenvalue weighted by atomic mass is 10.1. The Kier molecular flexibility index (Phi) is 4.51. The molecular formula is C19H20N2O3. The van der Waals surface area contributed by atoms with E-state index in [2.05, 4.69) is 5.32 Å². The van der Waals surface area contributed by atoms with E-state index in [4.69, 9.17) is 4.74 Å². The summed E-state index contributed by atoms with van der Waals surface area (Å²) in [7, 11) is 1.53. The summed E-state index contributed by atoms with van der Waals surface area (Å²) in [5.74, 6) is 0.132. The van der Waals surface area contributed by atoms with Crippen LogP contribution in [0, 0.1) is 0 Å². The van der Waals surface area contributed by atoms with Gasteiger partial charge in [-0.15, -0.1) is 0 Å². The van der Waals surface area contributed by atoms with Gasteiger partial charge in [-0.3, -0.25) is 14.5 Å². The Labute approximate surface area is 141 Å². The van der Waals surface area contributed by atoms with Crippen LogP contribution >= 0.6 is 0 Å². The fraction of sp³-hybridized carbons (Fsp3) is 0.263. The van der Waals surface area contributed by atoms with Crippen LogP contribution in [-0.4, -0.2) is 31.5 Å². The number of rotatable bonds is 4. The number of likely N-dealkylation sites (N-methyl/N-ethyl adjacent to an activating group) is 1. The standard InChI is InChI=1S/C19H20N2O3/c1-3-20-18(22)16-12-13-8-4-6-10-15(13)21(16)19(23)14-9-5-7-11-17(14)24-2/h4-11,16H,3,12H2,1-2H3,(H,20,22). The molecule has 1 unspecified atom stereocenters. The Bertz CT molecular complexity index is 773. The van der Waals surface area contributed by atoms with Gasteiger partial charge in [-0.1, -0.05) is 30.3 Å². The average molecular weight is 324 g/mol. The molecule has 0 bridgehead atoms. The molecule has 24 heavy (non-hydrogen) atoms. The quantitative estimate of drug-likeness (QED) is 0.939. The molecule has 124 valence electrons. The molecule has 0 aliphatic carbocycles. The lowest BCUT2D eigenvalue weighted by Crippen LogP contribution is -2.48. The zero-order chi connectivity index (χ0) is 17.1. The van der Waals surface area contributed by atoms with Crippen molar-refractivity contribution in [1.29, 1.82) is 0 Å². The minimum absolute atomic E-state index is 0.142. The van der Waals surface area contributed by atoms with Crippen LogP contribution in [0.2, 0.25) is 0 Å². The SMILES string of the molecule is CCNC(=O)C1Cc2ccccc2N1C(=O)c1ccccc1OC. The molecule has 5 nitrogen and oxygen atoms in total. The van der Waals surface area contributed by atoms with Crippen molar-refractivity contribution in [3.63, 3.8) is 0 Å². The van der Waals surface area contributed by atoms with Gasteiger partial charge in [-0.2, -0.15) is 0 Å². The number of carbonyl (C=O) groups is 2. The molecule has 1 atom stereocenters. The number of anilines is 1. The zero-order valence-corrected chi connectivity index (χ0v) is 13.8. The highest BCUT2D eigenvalue weighted by atomic mass is 16.5. The van der Waals surface area contributed by atoms with Crippen molar-refractivity contribution in [2.45, 2.75) is 19.4 Å². The summed E-state index contributed by atoms with van der Waals surface area (Å²) in [5, 5.41) is 2.82. The number of methoxy groups -OCH3 is 1. The molecule has 0 radical (unpaired) electrons. The Morgan fingerprint density at radius 3 is 2.62 bits per heavy atom. The normalized spacial score (nSPS) is 15.8. The highest BCUT2D eigenvalue weighted by Crippen LogP contribution is 2.34. The number of fused-ring (bicyclic) bond motifs is 1. The number of para-hydroxylation sites is 2. The average Bonchev–Trinajstić information content (AvgIpc) is 3.01. The molecular weight excluding hydrogens is 304 g/mol. The lowest BCUT2D eigenvalue weighted by Gasteiger charge is -2.25. The highest BCUT2D eigenvalue weighted by molar-refractivity contribution is 6.12. The molecule has 2 aromatic rings. The van der Waals surface area contributed by atoms with Gasteiger partial charge in [-0.05, 0) is 30.7 Å². The van der Waals surface area contributed by atoms with Crippen molar-refractivity contribution >= 4 is 17.5 Å². The Hall–Kier alpha value is -2.82. The Morgan fingerprint density at radius 1 is 1.17 bits per heavy atom. The number of amides is 2. The number of nitrogens with one attached hydrogen (secondary N) is 1. The number of hydrogen-bond acceptors (Lipinski definition) is 3. The number of nitrogens with zero attached hydrogens (tertiary/aromatic N) is 1. The topological polar surface area (TPSA) is 58.6 Å². The summed E-state index contributed by atoms with van der Waals surface area (Å²) in [6.07, 6.45) is 0.517. The molecule has 0 saturated heterocycles. The predicted molar refractivity (Wildman–Crippen MR) is 92.4 cm³/mol. The maximum atomic E-state index is 13.2. The van der Waals surface area contributed by atoms with E-state index in [0.29, 0.717) is 24.3 Å². The van der Waals surface area contributed by atoms with Gasteiger partial charge in [0.1, 0.15) is 11.8 Å². The van der Waals surface area contributed by atoms with Crippen LogP contribution < -0.4 is 15.0 Å². The van der Waals surface area contributed by atoms with Gasteiger partial charge in [0.05, 0.1) is 12.7 Å². The van der Waals surface area contributed by atoms with Crippen molar-refractivity contribution in [2.24, 2.45) is 0 Å². The summed E-state index contributed by atoms with van der Waals surface area (Å²) in [6, 6.07) is 14.2. The van der Waals surface area contributed by atoms with Gasteiger partial charge in [0.2, 0.25) is 5.91 Å². The van der Waals surface area contributed by atoms with Crippen molar-refractivity contribution < 1.29 is 14.3 Å². The van der Waals surface area contributed by atoms with Gasteiger partial charge in [-0.25, -0.2) is 0 Å². The maximum absolute atomic E-state index is 13.2. The maximum Gasteiger partial charge on any atom is 0.262 e. The summed E-state index contributed by atoms with van der Waals surface area (Å²) < 4.78 is 5.31. The van der Waals surface area contributed by atoms with E-state index < -0.39 is 6.04 Å². The minimum atomic E-state index is -0.542. The number of ether oxygens (including phenoxy) is 1. The minimum Gasteiger partial charge on any atom is -0.496 e. The third kappa shape index (κ3) is 2.73. The number of benzene rings is 2. The Morgan fingerprint density at radius 2 is 1.88 bits per heavy atom. The molecule has 5 heteroatoms. The van der Waals surface area contributed by atoms with Crippen molar-refractivity contribution in [1.82, 2.24) is 5.32 Å². The van der Waals surface area contributed by atoms with Crippen LogP contribution in [0.1, 0.15) is 22.8 Å². The first-order chi connectivity index (χ1) is 11.7. The van der Waals surface area contributed by atoms with Gasteiger partial charge in [0.15, 0.2) is 0 Å². The van der Waals surface area contributed by atoms with Gasteiger partial charge in [0.25, 0.3) is 5.91 Å². The summed E-state index contributed by atoms with van der Waals surface area (Å²) in [6.45, 7) is 2.40. The number of hydrogen-bond donors (Lipinski definition) is 1. The highest BCUT2D eigenvalue weighted by Gasteiger charge is 2.39. The van der Waals surface area contributed by atoms with Crippen molar-refractivity contribution in [2.75, 3.05) is 18.6 Å². The first kappa shape index (κ1) is 16.1. The second kappa shape index (κ2) is 6.74.